The Kier molecular flexibility index (Phi) is 4.71. The van der Waals surface area contributed by atoms with Crippen molar-refractivity contribution in [2.75, 3.05) is 5.32 Å². The molecule has 0 aromatic carbocycles. The molecule has 2 aromatic heterocycles. The van der Waals surface area contributed by atoms with Gasteiger partial charge in [0.25, 0.3) is 5.56 Å². The van der Waals surface area contributed by atoms with E-state index < -0.39 is 6.09 Å². The lowest BCUT2D eigenvalue weighted by Crippen LogP contribution is -2.32. The van der Waals surface area contributed by atoms with Crippen molar-refractivity contribution in [1.29, 1.82) is 0 Å². The number of pyridine rings is 2. The van der Waals surface area contributed by atoms with Gasteiger partial charge in [0.1, 0.15) is 10.8 Å². The quantitative estimate of drug-likeness (QED) is 0.788. The van der Waals surface area contributed by atoms with Crippen molar-refractivity contribution in [3.05, 3.63) is 52.0 Å². The van der Waals surface area contributed by atoms with E-state index in [1.807, 2.05) is 0 Å². The number of nitrogens with one attached hydrogen (secondary N) is 2. The molecule has 0 saturated heterocycles. The topological polar surface area (TPSA) is 96.2 Å². The van der Waals surface area contributed by atoms with Crippen LogP contribution in [0.3, 0.4) is 0 Å². The number of nitrogens with zero attached hydrogens (tertiary/aromatic N) is 2. The molecule has 0 spiro atoms. The number of aromatic nitrogens is 2. The highest BCUT2D eigenvalue weighted by Gasteiger charge is 2.25. The fourth-order valence-electron chi connectivity index (χ4n) is 2.91. The third kappa shape index (κ3) is 3.68. The molecule has 1 aliphatic carbocycles. The molecule has 126 valence electrons. The van der Waals surface area contributed by atoms with E-state index in [4.69, 9.17) is 16.7 Å². The maximum Gasteiger partial charge on any atom is 0.404 e. The maximum atomic E-state index is 12.0. The molecular weight excluding hydrogens is 332 g/mol. The van der Waals surface area contributed by atoms with Crippen LogP contribution in [0.5, 0.6) is 0 Å². The van der Waals surface area contributed by atoms with Crippen LogP contribution in [0.15, 0.2) is 41.5 Å². The fraction of sp³-hybridized carbons (Fsp3) is 0.312. The van der Waals surface area contributed by atoms with Crippen LogP contribution in [0.25, 0.3) is 5.69 Å². The van der Waals surface area contributed by atoms with Crippen LogP contribution < -0.4 is 16.2 Å². The lowest BCUT2D eigenvalue weighted by atomic mass is 10.2. The number of hydrogen-bond donors (Lipinski definition) is 3. The second kappa shape index (κ2) is 6.92. The van der Waals surface area contributed by atoms with Gasteiger partial charge in [-0.15, -0.1) is 0 Å². The van der Waals surface area contributed by atoms with E-state index in [2.05, 4.69) is 15.6 Å². The molecule has 0 radical (unpaired) electrons. The molecule has 1 saturated carbocycles. The van der Waals surface area contributed by atoms with Gasteiger partial charge in [0.05, 0.1) is 11.9 Å². The summed E-state index contributed by atoms with van der Waals surface area (Å²) in [6.07, 6.45) is 4.65. The van der Waals surface area contributed by atoms with Gasteiger partial charge in [-0.1, -0.05) is 11.6 Å². The Morgan fingerprint density at radius 3 is 2.79 bits per heavy atom. The monoisotopic (exact) mass is 348 g/mol. The number of carbonyl (C=O) groups is 1. The van der Waals surface area contributed by atoms with E-state index in [9.17, 15) is 9.59 Å². The van der Waals surface area contributed by atoms with E-state index >= 15 is 0 Å². The summed E-state index contributed by atoms with van der Waals surface area (Å²) >= 11 is 5.84. The van der Waals surface area contributed by atoms with E-state index in [-0.39, 0.29) is 22.7 Å². The third-order valence-corrected chi connectivity index (χ3v) is 4.33. The summed E-state index contributed by atoms with van der Waals surface area (Å²) in [5.41, 5.74) is 0.338. The first-order chi connectivity index (χ1) is 11.5. The Bertz CT molecular complexity index is 791. The molecule has 1 fully saturated rings. The first kappa shape index (κ1) is 16.3. The lowest BCUT2D eigenvalue weighted by molar-refractivity contribution is 0.190. The maximum absolute atomic E-state index is 12.0. The van der Waals surface area contributed by atoms with Crippen LogP contribution in [-0.2, 0) is 0 Å². The molecule has 3 rings (SSSR count). The minimum atomic E-state index is -0.991. The SMILES string of the molecule is O=C(O)N[C@H]1CC[C@H](Nc2ccc(-n3cccc(Cl)c3=O)cn2)C1. The van der Waals surface area contributed by atoms with E-state index in [0.29, 0.717) is 11.5 Å². The lowest BCUT2D eigenvalue weighted by Gasteiger charge is -2.14. The molecule has 0 aliphatic heterocycles. The minimum Gasteiger partial charge on any atom is -0.465 e. The van der Waals surface area contributed by atoms with Crippen molar-refractivity contribution in [2.24, 2.45) is 0 Å². The summed E-state index contributed by atoms with van der Waals surface area (Å²) in [5, 5.41) is 14.7. The number of halogens is 1. The Morgan fingerprint density at radius 2 is 2.08 bits per heavy atom. The van der Waals surface area contributed by atoms with Crippen molar-refractivity contribution in [2.45, 2.75) is 31.3 Å². The zero-order chi connectivity index (χ0) is 17.1. The predicted molar refractivity (Wildman–Crippen MR) is 91.1 cm³/mol. The van der Waals surface area contributed by atoms with Crippen molar-refractivity contribution in [3.8, 4) is 5.69 Å². The van der Waals surface area contributed by atoms with Gasteiger partial charge in [-0.3, -0.25) is 9.36 Å². The molecule has 2 heterocycles. The van der Waals surface area contributed by atoms with Gasteiger partial charge in [0, 0.05) is 18.3 Å². The third-order valence-electron chi connectivity index (χ3n) is 4.04. The fourth-order valence-corrected chi connectivity index (χ4v) is 3.08. The average Bonchev–Trinajstić information content (AvgIpc) is 2.97. The zero-order valence-corrected chi connectivity index (χ0v) is 13.5. The Labute approximate surface area is 143 Å². The molecule has 8 heteroatoms. The summed E-state index contributed by atoms with van der Waals surface area (Å²) < 4.78 is 1.43. The van der Waals surface area contributed by atoms with E-state index in [0.717, 1.165) is 19.3 Å². The van der Waals surface area contributed by atoms with Gasteiger partial charge in [-0.25, -0.2) is 9.78 Å². The molecule has 0 unspecified atom stereocenters. The second-order valence-corrected chi connectivity index (χ2v) is 6.14. The van der Waals surface area contributed by atoms with Gasteiger partial charge in [0.2, 0.25) is 0 Å². The average molecular weight is 349 g/mol. The highest BCUT2D eigenvalue weighted by molar-refractivity contribution is 6.30. The summed E-state index contributed by atoms with van der Waals surface area (Å²) in [5.74, 6) is 0.690. The second-order valence-electron chi connectivity index (χ2n) is 5.73. The van der Waals surface area contributed by atoms with Gasteiger partial charge in [-0.05, 0) is 43.5 Å². The summed E-state index contributed by atoms with van der Waals surface area (Å²) in [6, 6.07) is 6.98. The normalized spacial score (nSPS) is 19.9. The Balaban J connectivity index is 1.66. The van der Waals surface area contributed by atoms with Gasteiger partial charge in [-0.2, -0.15) is 0 Å². The first-order valence-electron chi connectivity index (χ1n) is 7.62. The first-order valence-corrected chi connectivity index (χ1v) is 8.00. The highest BCUT2D eigenvalue weighted by atomic mass is 35.5. The van der Waals surface area contributed by atoms with Crippen LogP contribution >= 0.6 is 11.6 Å². The van der Waals surface area contributed by atoms with Crippen LogP contribution in [0.4, 0.5) is 10.6 Å². The van der Waals surface area contributed by atoms with Gasteiger partial charge >= 0.3 is 6.09 Å². The molecule has 3 N–H and O–H groups in total. The Morgan fingerprint density at radius 1 is 1.29 bits per heavy atom. The molecule has 2 atom stereocenters. The minimum absolute atomic E-state index is 0.0238. The van der Waals surface area contributed by atoms with Gasteiger partial charge < -0.3 is 15.7 Å². The molecular formula is C16H17ClN4O3. The van der Waals surface area contributed by atoms with E-state index in [1.165, 1.54) is 4.57 Å². The molecule has 7 nitrogen and oxygen atoms in total. The van der Waals surface area contributed by atoms with Crippen LogP contribution in [0.2, 0.25) is 5.02 Å². The molecule has 1 aliphatic rings. The molecule has 2 aromatic rings. The smallest absolute Gasteiger partial charge is 0.404 e. The zero-order valence-electron chi connectivity index (χ0n) is 12.8. The van der Waals surface area contributed by atoms with Crippen LogP contribution in [0, 0.1) is 0 Å². The van der Waals surface area contributed by atoms with Crippen molar-refractivity contribution >= 4 is 23.5 Å². The number of carboxylic acid groups (broad SMARTS) is 1. The Hall–Kier alpha value is -2.54. The largest absolute Gasteiger partial charge is 0.465 e. The van der Waals surface area contributed by atoms with Gasteiger partial charge in [0.15, 0.2) is 0 Å². The van der Waals surface area contributed by atoms with Crippen molar-refractivity contribution in [1.82, 2.24) is 14.9 Å². The van der Waals surface area contributed by atoms with Crippen LogP contribution in [0.1, 0.15) is 19.3 Å². The number of rotatable bonds is 4. The standard InChI is InChI=1S/C16H17ClN4O3/c17-13-2-1-7-21(15(13)22)12-5-6-14(18-9-12)19-10-3-4-11(8-10)20-16(23)24/h1-2,5-7,9-11,20H,3-4,8H2,(H,18,19)(H,23,24)/t10-,11-/m0/s1. The van der Waals surface area contributed by atoms with Crippen LogP contribution in [-0.4, -0.2) is 32.8 Å². The highest BCUT2D eigenvalue weighted by Crippen LogP contribution is 2.22. The van der Waals surface area contributed by atoms with Crippen molar-refractivity contribution in [3.63, 3.8) is 0 Å². The van der Waals surface area contributed by atoms with E-state index in [1.54, 1.807) is 36.7 Å². The number of hydrogen-bond acceptors (Lipinski definition) is 4. The summed E-state index contributed by atoms with van der Waals surface area (Å²) in [7, 11) is 0. The summed E-state index contributed by atoms with van der Waals surface area (Å²) in [4.78, 5) is 27.0. The summed E-state index contributed by atoms with van der Waals surface area (Å²) in [6.45, 7) is 0. The molecule has 0 bridgehead atoms. The number of anilines is 1. The predicted octanol–water partition coefficient (Wildman–Crippen LogP) is 2.49. The molecule has 24 heavy (non-hydrogen) atoms. The van der Waals surface area contributed by atoms with Crippen molar-refractivity contribution < 1.29 is 9.90 Å². The number of amides is 1. The molecule has 1 amide bonds.